The van der Waals surface area contributed by atoms with Crippen molar-refractivity contribution in [1.29, 1.82) is 0 Å². The molecule has 3 nitrogen and oxygen atoms in total. The van der Waals surface area contributed by atoms with Gasteiger partial charge in [0.1, 0.15) is 0 Å². The largest absolute Gasteiger partial charge is 0.284 e. The first-order valence-electron chi connectivity index (χ1n) is 4.32. The van der Waals surface area contributed by atoms with Crippen LogP contribution in [0.3, 0.4) is 0 Å². The Hall–Kier alpha value is -1.00. The minimum Gasteiger partial charge on any atom is -0.284 e. The van der Waals surface area contributed by atoms with Crippen LogP contribution < -0.4 is 5.32 Å². The van der Waals surface area contributed by atoms with Crippen molar-refractivity contribution >= 4 is 27.1 Å². The van der Waals surface area contributed by atoms with E-state index in [1.54, 1.807) is 24.3 Å². The SMILES string of the molecule is C=CS(=O)(=O)CC[N]c1ccc(Cl)cc1. The summed E-state index contributed by atoms with van der Waals surface area (Å²) < 4.78 is 22.1. The van der Waals surface area contributed by atoms with Crippen LogP contribution in [-0.2, 0) is 9.84 Å². The summed E-state index contributed by atoms with van der Waals surface area (Å²) in [7, 11) is -3.15. The minimum atomic E-state index is -3.15. The highest BCUT2D eigenvalue weighted by molar-refractivity contribution is 7.94. The second-order valence-corrected chi connectivity index (χ2v) is 5.40. The molecule has 1 aromatic rings. The average molecular weight is 245 g/mol. The van der Waals surface area contributed by atoms with Crippen molar-refractivity contribution in [3.05, 3.63) is 41.3 Å². The third kappa shape index (κ3) is 4.36. The molecular formula is C10H11ClNO2S. The van der Waals surface area contributed by atoms with Gasteiger partial charge in [0, 0.05) is 10.4 Å². The van der Waals surface area contributed by atoms with Gasteiger partial charge in [-0.2, -0.15) is 0 Å². The Bertz CT molecular complexity index is 425. The molecule has 0 saturated heterocycles. The van der Waals surface area contributed by atoms with Gasteiger partial charge in [0.05, 0.1) is 18.0 Å². The average Bonchev–Trinajstić information content (AvgIpc) is 2.21. The molecule has 0 saturated carbocycles. The van der Waals surface area contributed by atoms with Crippen molar-refractivity contribution in [2.24, 2.45) is 0 Å². The molecule has 1 radical (unpaired) electrons. The molecule has 0 fully saturated rings. The number of nitrogens with zero attached hydrogens (tertiary/aromatic N) is 1. The molecule has 5 heteroatoms. The Balaban J connectivity index is 2.45. The number of benzene rings is 1. The minimum absolute atomic E-state index is 0.0148. The predicted molar refractivity (Wildman–Crippen MR) is 62.1 cm³/mol. The highest BCUT2D eigenvalue weighted by atomic mass is 35.5. The molecule has 0 bridgehead atoms. The Morgan fingerprint density at radius 2 is 1.93 bits per heavy atom. The normalized spacial score (nSPS) is 11.0. The van der Waals surface area contributed by atoms with Crippen LogP contribution in [0.25, 0.3) is 0 Å². The van der Waals surface area contributed by atoms with Crippen LogP contribution in [0.1, 0.15) is 0 Å². The molecule has 0 aliphatic heterocycles. The summed E-state index contributed by atoms with van der Waals surface area (Å²) in [6, 6.07) is 6.90. The van der Waals surface area contributed by atoms with Gasteiger partial charge in [-0.1, -0.05) is 18.2 Å². The van der Waals surface area contributed by atoms with E-state index >= 15 is 0 Å². The van der Waals surface area contributed by atoms with E-state index < -0.39 is 9.84 Å². The second-order valence-electron chi connectivity index (χ2n) is 2.89. The third-order valence-corrected chi connectivity index (χ3v) is 3.26. The van der Waals surface area contributed by atoms with E-state index in [1.807, 2.05) is 0 Å². The molecule has 1 rings (SSSR count). The van der Waals surface area contributed by atoms with Crippen molar-refractivity contribution in [3.8, 4) is 0 Å². The summed E-state index contributed by atoms with van der Waals surface area (Å²) in [5.41, 5.74) is 0.721. The van der Waals surface area contributed by atoms with Crippen molar-refractivity contribution in [2.45, 2.75) is 0 Å². The standard InChI is InChI=1S/C10H11ClNO2S/c1-2-15(13,14)8-7-12-10-5-3-9(11)4-6-10/h2-6H,1,7-8H2. The van der Waals surface area contributed by atoms with Crippen LogP contribution in [0.5, 0.6) is 0 Å². The fourth-order valence-corrected chi connectivity index (χ4v) is 1.57. The van der Waals surface area contributed by atoms with Crippen LogP contribution in [0.15, 0.2) is 36.3 Å². The first kappa shape index (κ1) is 12.1. The van der Waals surface area contributed by atoms with Gasteiger partial charge in [-0.25, -0.2) is 8.42 Å². The number of rotatable bonds is 5. The van der Waals surface area contributed by atoms with Crippen LogP contribution >= 0.6 is 11.6 Å². The van der Waals surface area contributed by atoms with Gasteiger partial charge in [-0.05, 0) is 24.3 Å². The summed E-state index contributed by atoms with van der Waals surface area (Å²) in [4.78, 5) is 0. The van der Waals surface area contributed by atoms with Crippen LogP contribution in [0.4, 0.5) is 5.69 Å². The van der Waals surface area contributed by atoms with E-state index in [0.717, 1.165) is 11.1 Å². The summed E-state index contributed by atoms with van der Waals surface area (Å²) in [5.74, 6) is -0.0148. The lowest BCUT2D eigenvalue weighted by molar-refractivity contribution is 0.603. The number of sulfone groups is 1. The van der Waals surface area contributed by atoms with Crippen LogP contribution in [0, 0.1) is 0 Å². The smallest absolute Gasteiger partial charge is 0.172 e. The zero-order valence-electron chi connectivity index (χ0n) is 8.06. The Morgan fingerprint density at radius 3 is 2.47 bits per heavy atom. The maximum atomic E-state index is 11.0. The molecule has 0 amide bonds. The van der Waals surface area contributed by atoms with Crippen molar-refractivity contribution in [1.82, 2.24) is 5.32 Å². The van der Waals surface area contributed by atoms with Crippen LogP contribution in [-0.4, -0.2) is 20.7 Å². The Morgan fingerprint density at radius 1 is 1.33 bits per heavy atom. The molecular weight excluding hydrogens is 234 g/mol. The fourth-order valence-electron chi connectivity index (χ4n) is 0.932. The van der Waals surface area contributed by atoms with E-state index in [-0.39, 0.29) is 12.3 Å². The van der Waals surface area contributed by atoms with Crippen LogP contribution in [0.2, 0.25) is 5.02 Å². The molecule has 0 aliphatic rings. The Labute approximate surface area is 94.7 Å². The molecule has 0 spiro atoms. The van der Waals surface area contributed by atoms with Crippen molar-refractivity contribution in [3.63, 3.8) is 0 Å². The molecule has 0 atom stereocenters. The van der Waals surface area contributed by atoms with Gasteiger partial charge >= 0.3 is 0 Å². The zero-order valence-corrected chi connectivity index (χ0v) is 9.63. The van der Waals surface area contributed by atoms with Gasteiger partial charge < -0.3 is 0 Å². The van der Waals surface area contributed by atoms with Gasteiger partial charge in [-0.15, -0.1) is 0 Å². The maximum absolute atomic E-state index is 11.0. The Kier molecular flexibility index (Phi) is 4.17. The third-order valence-electron chi connectivity index (χ3n) is 1.75. The number of hydrogen-bond acceptors (Lipinski definition) is 2. The molecule has 0 N–H and O–H groups in total. The van der Waals surface area contributed by atoms with Crippen molar-refractivity contribution in [2.75, 3.05) is 12.3 Å². The highest BCUT2D eigenvalue weighted by Crippen LogP contribution is 2.13. The predicted octanol–water partition coefficient (Wildman–Crippen LogP) is 2.13. The number of halogens is 1. The molecule has 0 heterocycles. The monoisotopic (exact) mass is 244 g/mol. The zero-order chi connectivity index (χ0) is 11.3. The number of hydrogen-bond donors (Lipinski definition) is 0. The summed E-state index contributed by atoms with van der Waals surface area (Å²) in [6.45, 7) is 3.45. The molecule has 15 heavy (non-hydrogen) atoms. The lowest BCUT2D eigenvalue weighted by Gasteiger charge is -2.02. The van der Waals surface area contributed by atoms with Gasteiger partial charge in [0.25, 0.3) is 0 Å². The quantitative estimate of drug-likeness (QED) is 0.797. The van der Waals surface area contributed by atoms with Gasteiger partial charge in [0.15, 0.2) is 9.84 Å². The van der Waals surface area contributed by atoms with E-state index in [4.69, 9.17) is 11.6 Å². The first-order chi connectivity index (χ1) is 7.03. The molecule has 0 aliphatic carbocycles. The fraction of sp³-hybridized carbons (Fsp3) is 0.200. The van der Waals surface area contributed by atoms with E-state index in [9.17, 15) is 8.42 Å². The summed E-state index contributed by atoms with van der Waals surface area (Å²) in [6.07, 6.45) is 0. The first-order valence-corrected chi connectivity index (χ1v) is 6.41. The molecule has 0 unspecified atom stereocenters. The molecule has 81 valence electrons. The van der Waals surface area contributed by atoms with Crippen molar-refractivity contribution < 1.29 is 8.42 Å². The van der Waals surface area contributed by atoms with Gasteiger partial charge in [0.2, 0.25) is 0 Å². The molecule has 1 aromatic carbocycles. The van der Waals surface area contributed by atoms with E-state index in [2.05, 4.69) is 11.9 Å². The lowest BCUT2D eigenvalue weighted by atomic mass is 10.3. The summed E-state index contributed by atoms with van der Waals surface area (Å²) in [5, 5.41) is 5.68. The van der Waals surface area contributed by atoms with E-state index in [1.165, 1.54) is 0 Å². The van der Waals surface area contributed by atoms with Gasteiger partial charge in [-0.3, -0.25) is 5.32 Å². The topological polar surface area (TPSA) is 48.2 Å². The lowest BCUT2D eigenvalue weighted by Crippen LogP contribution is -2.12. The second kappa shape index (κ2) is 5.19. The summed E-state index contributed by atoms with van der Waals surface area (Å²) >= 11 is 5.69. The highest BCUT2D eigenvalue weighted by Gasteiger charge is 2.04. The maximum Gasteiger partial charge on any atom is 0.172 e. The van der Waals surface area contributed by atoms with E-state index in [0.29, 0.717) is 5.02 Å². The molecule has 0 aromatic heterocycles.